The molecule has 0 saturated heterocycles. The Morgan fingerprint density at radius 3 is 2.75 bits per heavy atom. The van der Waals surface area contributed by atoms with Gasteiger partial charge in [-0.1, -0.05) is 31.2 Å². The van der Waals surface area contributed by atoms with E-state index in [1.54, 1.807) is 4.57 Å². The number of aromatic nitrogens is 1. The molecule has 0 aliphatic heterocycles. The number of aryl methyl sites for hydroxylation is 1. The molecule has 0 aliphatic carbocycles. The van der Waals surface area contributed by atoms with Crippen LogP contribution in [-0.4, -0.2) is 4.57 Å². The lowest BCUT2D eigenvalue weighted by atomic mass is 10.1. The zero-order chi connectivity index (χ0) is 11.5. The predicted molar refractivity (Wildman–Crippen MR) is 68.6 cm³/mol. The van der Waals surface area contributed by atoms with E-state index in [2.05, 4.69) is 13.0 Å². The lowest BCUT2D eigenvalue weighted by molar-refractivity contribution is 0.929. The molecule has 0 amide bonds. The van der Waals surface area contributed by atoms with Gasteiger partial charge in [-0.2, -0.15) is 0 Å². The average Bonchev–Trinajstić information content (AvgIpc) is 2.33. The molecule has 0 saturated carbocycles. The summed E-state index contributed by atoms with van der Waals surface area (Å²) in [7, 11) is 0. The maximum absolute atomic E-state index is 12.2. The maximum Gasteiger partial charge on any atom is 0.262 e. The summed E-state index contributed by atoms with van der Waals surface area (Å²) in [5.74, 6) is 0. The standard InChI is InChI=1S/C14H15NO/c1-3-9-15-12(4-2)10-11-7-5-6-8-13(11)14(15)16/h3,5-10H,4H2,1-2H3. The van der Waals surface area contributed by atoms with Crippen LogP contribution in [0.2, 0.25) is 0 Å². The molecule has 0 aliphatic rings. The number of rotatable bonds is 2. The number of allylic oxidation sites excluding steroid dienone is 1. The van der Waals surface area contributed by atoms with Crippen molar-refractivity contribution in [2.75, 3.05) is 0 Å². The van der Waals surface area contributed by atoms with Crippen LogP contribution < -0.4 is 5.56 Å². The van der Waals surface area contributed by atoms with Crippen LogP contribution in [0, 0.1) is 0 Å². The van der Waals surface area contributed by atoms with Crippen LogP contribution in [0.25, 0.3) is 17.0 Å². The minimum Gasteiger partial charge on any atom is -0.288 e. The second-order valence-corrected chi connectivity index (χ2v) is 3.73. The SMILES string of the molecule is CC=Cn1c(CC)cc2ccccc2c1=O. The largest absolute Gasteiger partial charge is 0.288 e. The third kappa shape index (κ3) is 1.67. The molecule has 1 aromatic heterocycles. The Labute approximate surface area is 94.8 Å². The van der Waals surface area contributed by atoms with E-state index in [4.69, 9.17) is 0 Å². The minimum absolute atomic E-state index is 0.0630. The molecule has 0 N–H and O–H groups in total. The highest BCUT2D eigenvalue weighted by Crippen LogP contribution is 2.12. The molecule has 2 aromatic rings. The molecular formula is C14H15NO. The van der Waals surface area contributed by atoms with E-state index in [1.165, 1.54) is 0 Å². The second-order valence-electron chi connectivity index (χ2n) is 3.73. The lowest BCUT2D eigenvalue weighted by Crippen LogP contribution is -2.19. The van der Waals surface area contributed by atoms with Crippen molar-refractivity contribution in [2.45, 2.75) is 20.3 Å². The summed E-state index contributed by atoms with van der Waals surface area (Å²) < 4.78 is 1.72. The van der Waals surface area contributed by atoms with Gasteiger partial charge in [0.2, 0.25) is 0 Å². The topological polar surface area (TPSA) is 22.0 Å². The van der Waals surface area contributed by atoms with Crippen LogP contribution in [0.4, 0.5) is 0 Å². The molecule has 0 spiro atoms. The summed E-state index contributed by atoms with van der Waals surface area (Å²) in [5.41, 5.74) is 1.11. The molecule has 0 atom stereocenters. The Morgan fingerprint density at radius 2 is 2.06 bits per heavy atom. The summed E-state index contributed by atoms with van der Waals surface area (Å²) in [6.45, 7) is 3.98. The van der Waals surface area contributed by atoms with Crippen molar-refractivity contribution in [3.05, 3.63) is 52.5 Å². The van der Waals surface area contributed by atoms with Crippen molar-refractivity contribution in [3.8, 4) is 0 Å². The van der Waals surface area contributed by atoms with Gasteiger partial charge in [0.05, 0.1) is 0 Å². The molecule has 0 radical (unpaired) electrons. The molecule has 1 heterocycles. The van der Waals surface area contributed by atoms with Crippen molar-refractivity contribution < 1.29 is 0 Å². The molecule has 16 heavy (non-hydrogen) atoms. The number of hydrogen-bond acceptors (Lipinski definition) is 1. The Hall–Kier alpha value is -1.83. The minimum atomic E-state index is 0.0630. The van der Waals surface area contributed by atoms with Crippen LogP contribution in [0.3, 0.4) is 0 Å². The quantitative estimate of drug-likeness (QED) is 0.751. The van der Waals surface area contributed by atoms with Crippen LogP contribution in [-0.2, 0) is 6.42 Å². The highest BCUT2D eigenvalue weighted by atomic mass is 16.1. The monoisotopic (exact) mass is 213 g/mol. The summed E-state index contributed by atoms with van der Waals surface area (Å²) in [5, 5.41) is 1.79. The first-order valence-electron chi connectivity index (χ1n) is 5.54. The first-order valence-corrected chi connectivity index (χ1v) is 5.54. The highest BCUT2D eigenvalue weighted by molar-refractivity contribution is 5.82. The van der Waals surface area contributed by atoms with Gasteiger partial charge in [-0.3, -0.25) is 9.36 Å². The van der Waals surface area contributed by atoms with Crippen molar-refractivity contribution in [3.63, 3.8) is 0 Å². The van der Waals surface area contributed by atoms with Crippen LogP contribution >= 0.6 is 0 Å². The third-order valence-corrected chi connectivity index (χ3v) is 2.70. The van der Waals surface area contributed by atoms with Crippen molar-refractivity contribution in [1.29, 1.82) is 0 Å². The molecule has 1 aromatic carbocycles. The summed E-state index contributed by atoms with van der Waals surface area (Å²) >= 11 is 0. The smallest absolute Gasteiger partial charge is 0.262 e. The van der Waals surface area contributed by atoms with Gasteiger partial charge in [-0.15, -0.1) is 0 Å². The van der Waals surface area contributed by atoms with Gasteiger partial charge in [0, 0.05) is 17.3 Å². The van der Waals surface area contributed by atoms with Gasteiger partial charge in [0.1, 0.15) is 0 Å². The van der Waals surface area contributed by atoms with Crippen molar-refractivity contribution in [1.82, 2.24) is 4.57 Å². The van der Waals surface area contributed by atoms with Crippen molar-refractivity contribution in [2.24, 2.45) is 0 Å². The Kier molecular flexibility index (Phi) is 2.91. The van der Waals surface area contributed by atoms with E-state index < -0.39 is 0 Å². The van der Waals surface area contributed by atoms with Crippen molar-refractivity contribution >= 4 is 17.0 Å². The fraction of sp³-hybridized carbons (Fsp3) is 0.214. The zero-order valence-corrected chi connectivity index (χ0v) is 9.60. The van der Waals surface area contributed by atoms with Gasteiger partial charge in [-0.25, -0.2) is 0 Å². The number of fused-ring (bicyclic) bond motifs is 1. The van der Waals surface area contributed by atoms with E-state index in [1.807, 2.05) is 43.5 Å². The normalized spacial score (nSPS) is 11.4. The molecular weight excluding hydrogens is 198 g/mol. The zero-order valence-electron chi connectivity index (χ0n) is 9.60. The van der Waals surface area contributed by atoms with Gasteiger partial charge >= 0.3 is 0 Å². The molecule has 82 valence electrons. The van der Waals surface area contributed by atoms with E-state index in [0.29, 0.717) is 0 Å². The van der Waals surface area contributed by atoms with E-state index in [-0.39, 0.29) is 5.56 Å². The van der Waals surface area contributed by atoms with Crippen LogP contribution in [0.15, 0.2) is 41.2 Å². The Morgan fingerprint density at radius 1 is 1.31 bits per heavy atom. The van der Waals surface area contributed by atoms with Crippen LogP contribution in [0.1, 0.15) is 19.5 Å². The Bertz CT molecular complexity index is 593. The van der Waals surface area contributed by atoms with Gasteiger partial charge < -0.3 is 0 Å². The fourth-order valence-corrected chi connectivity index (χ4v) is 1.91. The molecule has 0 unspecified atom stereocenters. The summed E-state index contributed by atoms with van der Waals surface area (Å²) in [6.07, 6.45) is 4.56. The van der Waals surface area contributed by atoms with E-state index in [0.717, 1.165) is 22.9 Å². The summed E-state index contributed by atoms with van der Waals surface area (Å²) in [6, 6.07) is 9.79. The first-order chi connectivity index (χ1) is 7.77. The molecule has 0 bridgehead atoms. The fourth-order valence-electron chi connectivity index (χ4n) is 1.91. The summed E-state index contributed by atoms with van der Waals surface area (Å²) in [4.78, 5) is 12.2. The van der Waals surface area contributed by atoms with Gasteiger partial charge in [0.25, 0.3) is 5.56 Å². The highest BCUT2D eigenvalue weighted by Gasteiger charge is 2.04. The maximum atomic E-state index is 12.2. The lowest BCUT2D eigenvalue weighted by Gasteiger charge is -2.08. The van der Waals surface area contributed by atoms with Gasteiger partial charge in [0.15, 0.2) is 0 Å². The van der Waals surface area contributed by atoms with Gasteiger partial charge in [-0.05, 0) is 30.9 Å². The molecule has 0 fully saturated rings. The predicted octanol–water partition coefficient (Wildman–Crippen LogP) is 3.05. The van der Waals surface area contributed by atoms with E-state index >= 15 is 0 Å². The molecule has 2 heteroatoms. The van der Waals surface area contributed by atoms with E-state index in [9.17, 15) is 4.79 Å². The molecule has 2 nitrogen and oxygen atoms in total. The Balaban J connectivity index is 2.88. The number of hydrogen-bond donors (Lipinski definition) is 0. The second kappa shape index (κ2) is 4.35. The average molecular weight is 213 g/mol. The number of pyridine rings is 1. The number of nitrogens with zero attached hydrogens (tertiary/aromatic N) is 1. The first kappa shape index (κ1) is 10.7. The van der Waals surface area contributed by atoms with Crippen LogP contribution in [0.5, 0.6) is 0 Å². The number of benzene rings is 1. The molecule has 2 rings (SSSR count). The third-order valence-electron chi connectivity index (χ3n) is 2.70.